The molecule has 2 rings (SSSR count). The Morgan fingerprint density at radius 1 is 1.33 bits per heavy atom. The predicted octanol–water partition coefficient (Wildman–Crippen LogP) is 3.20. The Kier molecular flexibility index (Phi) is 4.64. The van der Waals surface area contributed by atoms with E-state index in [0.29, 0.717) is 0 Å². The van der Waals surface area contributed by atoms with Gasteiger partial charge in [0.25, 0.3) is 10.0 Å². The van der Waals surface area contributed by atoms with Crippen LogP contribution in [0.25, 0.3) is 0 Å². The summed E-state index contributed by atoms with van der Waals surface area (Å²) in [4.78, 5) is 11.1. The van der Waals surface area contributed by atoms with Crippen LogP contribution in [0.15, 0.2) is 40.6 Å². The standard InChI is InChI=1S/C14H15NO4S2/c1-2-4-10-5-3-6-11(9-10)21(18,19)15-12-7-8-20-13(12)14(16)17/h3,5-9,15H,2,4H2,1H3,(H,16,17). The first kappa shape index (κ1) is 15.5. The molecule has 0 radical (unpaired) electrons. The fourth-order valence-electron chi connectivity index (χ4n) is 1.92. The maximum absolute atomic E-state index is 12.3. The number of carboxylic acids is 1. The second-order valence-electron chi connectivity index (χ2n) is 4.47. The van der Waals surface area contributed by atoms with Gasteiger partial charge in [-0.2, -0.15) is 0 Å². The highest BCUT2D eigenvalue weighted by Crippen LogP contribution is 2.25. The SMILES string of the molecule is CCCc1cccc(S(=O)(=O)Nc2ccsc2C(=O)O)c1. The molecule has 21 heavy (non-hydrogen) atoms. The molecule has 0 fully saturated rings. The van der Waals surface area contributed by atoms with Crippen LogP contribution in [-0.4, -0.2) is 19.5 Å². The van der Waals surface area contributed by atoms with Gasteiger partial charge in [0.15, 0.2) is 0 Å². The molecule has 0 atom stereocenters. The van der Waals surface area contributed by atoms with Gasteiger partial charge in [-0.25, -0.2) is 13.2 Å². The van der Waals surface area contributed by atoms with Crippen molar-refractivity contribution in [3.8, 4) is 0 Å². The van der Waals surface area contributed by atoms with E-state index in [1.165, 1.54) is 17.5 Å². The van der Waals surface area contributed by atoms with Crippen molar-refractivity contribution in [1.82, 2.24) is 0 Å². The first-order chi connectivity index (χ1) is 9.94. The van der Waals surface area contributed by atoms with Gasteiger partial charge in [-0.1, -0.05) is 25.5 Å². The van der Waals surface area contributed by atoms with Crippen LogP contribution in [0.1, 0.15) is 28.6 Å². The Balaban J connectivity index is 2.32. The fourth-order valence-corrected chi connectivity index (χ4v) is 3.81. The highest BCUT2D eigenvalue weighted by molar-refractivity contribution is 7.92. The van der Waals surface area contributed by atoms with Crippen LogP contribution in [0.2, 0.25) is 0 Å². The quantitative estimate of drug-likeness (QED) is 0.854. The molecule has 0 aliphatic carbocycles. The van der Waals surface area contributed by atoms with Crippen molar-refractivity contribution in [2.45, 2.75) is 24.7 Å². The molecular formula is C14H15NO4S2. The largest absolute Gasteiger partial charge is 0.477 e. The lowest BCUT2D eigenvalue weighted by atomic mass is 10.1. The molecule has 1 aromatic carbocycles. The van der Waals surface area contributed by atoms with E-state index < -0.39 is 16.0 Å². The van der Waals surface area contributed by atoms with E-state index in [1.807, 2.05) is 13.0 Å². The van der Waals surface area contributed by atoms with Crippen molar-refractivity contribution >= 4 is 33.0 Å². The lowest BCUT2D eigenvalue weighted by Gasteiger charge is -2.09. The summed E-state index contributed by atoms with van der Waals surface area (Å²) in [6.07, 6.45) is 1.72. The topological polar surface area (TPSA) is 83.5 Å². The third-order valence-corrected chi connectivity index (χ3v) is 5.12. The normalized spacial score (nSPS) is 11.3. The van der Waals surface area contributed by atoms with Gasteiger partial charge >= 0.3 is 5.97 Å². The zero-order chi connectivity index (χ0) is 15.5. The third kappa shape index (κ3) is 3.62. The van der Waals surface area contributed by atoms with Gasteiger partial charge in [0.1, 0.15) is 4.88 Å². The Bertz CT molecular complexity index is 750. The van der Waals surface area contributed by atoms with Crippen molar-refractivity contribution in [3.05, 3.63) is 46.2 Å². The number of hydrogen-bond donors (Lipinski definition) is 2. The predicted molar refractivity (Wildman–Crippen MR) is 82.5 cm³/mol. The molecule has 0 saturated carbocycles. The summed E-state index contributed by atoms with van der Waals surface area (Å²) >= 11 is 0.978. The van der Waals surface area contributed by atoms with E-state index in [1.54, 1.807) is 12.1 Å². The van der Waals surface area contributed by atoms with Crippen LogP contribution in [-0.2, 0) is 16.4 Å². The van der Waals surface area contributed by atoms with Crippen LogP contribution in [0.5, 0.6) is 0 Å². The molecule has 2 N–H and O–H groups in total. The van der Waals surface area contributed by atoms with Crippen LogP contribution in [0.3, 0.4) is 0 Å². The number of aryl methyl sites for hydroxylation is 1. The maximum Gasteiger partial charge on any atom is 0.348 e. The lowest BCUT2D eigenvalue weighted by molar-refractivity contribution is 0.0703. The molecule has 5 nitrogen and oxygen atoms in total. The first-order valence-electron chi connectivity index (χ1n) is 6.36. The molecule has 7 heteroatoms. The molecule has 112 valence electrons. The number of thiophene rings is 1. The molecule has 0 spiro atoms. The summed E-state index contributed by atoms with van der Waals surface area (Å²) < 4.78 is 27.0. The maximum atomic E-state index is 12.3. The highest BCUT2D eigenvalue weighted by Gasteiger charge is 2.19. The summed E-state index contributed by atoms with van der Waals surface area (Å²) in [5.74, 6) is -1.15. The summed E-state index contributed by atoms with van der Waals surface area (Å²) in [5, 5.41) is 10.5. The number of sulfonamides is 1. The van der Waals surface area contributed by atoms with E-state index >= 15 is 0 Å². The number of nitrogens with one attached hydrogen (secondary N) is 1. The highest BCUT2D eigenvalue weighted by atomic mass is 32.2. The number of hydrogen-bond acceptors (Lipinski definition) is 4. The van der Waals surface area contributed by atoms with E-state index in [-0.39, 0.29) is 15.5 Å². The zero-order valence-electron chi connectivity index (χ0n) is 11.4. The third-order valence-electron chi connectivity index (χ3n) is 2.85. The molecule has 0 aliphatic rings. The molecule has 2 aromatic rings. The smallest absolute Gasteiger partial charge is 0.348 e. The molecule has 0 amide bonds. The first-order valence-corrected chi connectivity index (χ1v) is 8.73. The number of carboxylic acid groups (broad SMARTS) is 1. The summed E-state index contributed by atoms with van der Waals surface area (Å²) in [6.45, 7) is 2.02. The number of aromatic carboxylic acids is 1. The van der Waals surface area contributed by atoms with Gasteiger partial charge in [0, 0.05) is 0 Å². The Morgan fingerprint density at radius 2 is 2.10 bits per heavy atom. The van der Waals surface area contributed by atoms with Gasteiger partial charge in [-0.05, 0) is 35.6 Å². The lowest BCUT2D eigenvalue weighted by Crippen LogP contribution is -2.14. The molecule has 0 saturated heterocycles. The van der Waals surface area contributed by atoms with Crippen LogP contribution in [0, 0.1) is 0 Å². The molecule has 0 aliphatic heterocycles. The van der Waals surface area contributed by atoms with Crippen molar-refractivity contribution in [3.63, 3.8) is 0 Å². The average Bonchev–Trinajstić information content (AvgIpc) is 2.87. The van der Waals surface area contributed by atoms with E-state index in [2.05, 4.69) is 4.72 Å². The van der Waals surface area contributed by atoms with Gasteiger partial charge < -0.3 is 5.11 Å². The van der Waals surface area contributed by atoms with Crippen molar-refractivity contribution in [2.24, 2.45) is 0 Å². The van der Waals surface area contributed by atoms with Crippen LogP contribution in [0.4, 0.5) is 5.69 Å². The Hall–Kier alpha value is -1.86. The van der Waals surface area contributed by atoms with E-state index in [9.17, 15) is 13.2 Å². The summed E-state index contributed by atoms with van der Waals surface area (Å²) in [7, 11) is -3.79. The fraction of sp³-hybridized carbons (Fsp3) is 0.214. The molecule has 0 bridgehead atoms. The van der Waals surface area contributed by atoms with Crippen LogP contribution < -0.4 is 4.72 Å². The zero-order valence-corrected chi connectivity index (χ0v) is 13.0. The van der Waals surface area contributed by atoms with Crippen molar-refractivity contribution in [2.75, 3.05) is 4.72 Å². The molecule has 1 heterocycles. The minimum Gasteiger partial charge on any atom is -0.477 e. The number of rotatable bonds is 6. The Labute approximate surface area is 127 Å². The Morgan fingerprint density at radius 3 is 2.76 bits per heavy atom. The number of anilines is 1. The second kappa shape index (κ2) is 6.28. The van der Waals surface area contributed by atoms with E-state index in [0.717, 1.165) is 29.7 Å². The van der Waals surface area contributed by atoms with E-state index in [4.69, 9.17) is 5.11 Å². The second-order valence-corrected chi connectivity index (χ2v) is 7.07. The van der Waals surface area contributed by atoms with Crippen molar-refractivity contribution < 1.29 is 18.3 Å². The van der Waals surface area contributed by atoms with Gasteiger partial charge in [-0.15, -0.1) is 11.3 Å². The number of carbonyl (C=O) groups is 1. The average molecular weight is 325 g/mol. The minimum absolute atomic E-state index is 0.0247. The monoisotopic (exact) mass is 325 g/mol. The molecule has 0 unspecified atom stereocenters. The van der Waals surface area contributed by atoms with Crippen molar-refractivity contribution in [1.29, 1.82) is 0 Å². The summed E-state index contributed by atoms with van der Waals surface area (Å²) in [5.41, 5.74) is 1.03. The van der Waals surface area contributed by atoms with Crippen LogP contribution >= 0.6 is 11.3 Å². The molecular weight excluding hydrogens is 310 g/mol. The van der Waals surface area contributed by atoms with Gasteiger partial charge in [-0.3, -0.25) is 4.72 Å². The van der Waals surface area contributed by atoms with Gasteiger partial charge in [0.05, 0.1) is 10.6 Å². The molecule has 1 aromatic heterocycles. The summed E-state index contributed by atoms with van der Waals surface area (Å²) in [6, 6.07) is 8.11. The number of benzene rings is 1. The van der Waals surface area contributed by atoms with Gasteiger partial charge in [0.2, 0.25) is 0 Å². The minimum atomic E-state index is -3.79.